The van der Waals surface area contributed by atoms with E-state index < -0.39 is 17.7 Å². The first-order valence-corrected chi connectivity index (χ1v) is 5.05. The Hall–Kier alpha value is -1.96. The van der Waals surface area contributed by atoms with Gasteiger partial charge >= 0.3 is 0 Å². The number of likely N-dealkylation sites (N-methyl/N-ethyl adjacent to an activating group) is 1. The second-order valence-electron chi connectivity index (χ2n) is 3.72. The molecule has 1 unspecified atom stereocenters. The monoisotopic (exact) mass is 238 g/mol. The van der Waals surface area contributed by atoms with Gasteiger partial charge in [0.2, 0.25) is 5.91 Å². The number of halogens is 2. The lowest BCUT2D eigenvalue weighted by Crippen LogP contribution is -2.35. The molecule has 0 saturated heterocycles. The molecule has 0 aromatic heterocycles. The maximum Gasteiger partial charge on any atom is 0.227 e. The number of nitrogens with zero attached hydrogens (tertiary/aromatic N) is 2. The summed E-state index contributed by atoms with van der Waals surface area (Å²) in [6, 6.07) is 4.39. The summed E-state index contributed by atoms with van der Waals surface area (Å²) in [5.41, 5.74) is 0.119. The average molecular weight is 238 g/mol. The van der Waals surface area contributed by atoms with E-state index >= 15 is 0 Å². The molecule has 17 heavy (non-hydrogen) atoms. The summed E-state index contributed by atoms with van der Waals surface area (Å²) in [7, 11) is 1.47. The van der Waals surface area contributed by atoms with E-state index in [1.165, 1.54) is 18.0 Å². The van der Waals surface area contributed by atoms with Gasteiger partial charge in [0.05, 0.1) is 12.5 Å². The molecule has 0 N–H and O–H groups in total. The largest absolute Gasteiger partial charge is 0.330 e. The summed E-state index contributed by atoms with van der Waals surface area (Å²) >= 11 is 0. The zero-order chi connectivity index (χ0) is 13.0. The van der Waals surface area contributed by atoms with Crippen LogP contribution in [-0.4, -0.2) is 23.9 Å². The zero-order valence-corrected chi connectivity index (χ0v) is 9.58. The molecule has 90 valence electrons. The molecule has 0 fully saturated rings. The summed E-state index contributed by atoms with van der Waals surface area (Å²) < 4.78 is 25.9. The van der Waals surface area contributed by atoms with Crippen molar-refractivity contribution < 1.29 is 13.6 Å². The first-order valence-electron chi connectivity index (χ1n) is 5.05. The fraction of sp³-hybridized carbons (Fsp3) is 0.333. The van der Waals surface area contributed by atoms with Crippen molar-refractivity contribution in [3.63, 3.8) is 0 Å². The van der Waals surface area contributed by atoms with Crippen LogP contribution in [0.5, 0.6) is 0 Å². The second kappa shape index (κ2) is 5.39. The Morgan fingerprint density at radius 1 is 1.53 bits per heavy atom. The fourth-order valence-electron chi connectivity index (χ4n) is 1.26. The molecule has 0 saturated carbocycles. The Morgan fingerprint density at radius 2 is 2.18 bits per heavy atom. The predicted molar refractivity (Wildman–Crippen MR) is 57.9 cm³/mol. The third kappa shape index (κ3) is 3.25. The van der Waals surface area contributed by atoms with Crippen molar-refractivity contribution in [2.24, 2.45) is 0 Å². The van der Waals surface area contributed by atoms with Crippen LogP contribution in [0.1, 0.15) is 12.5 Å². The van der Waals surface area contributed by atoms with Gasteiger partial charge in [-0.3, -0.25) is 4.79 Å². The molecular weight excluding hydrogens is 226 g/mol. The zero-order valence-electron chi connectivity index (χ0n) is 9.58. The fourth-order valence-corrected chi connectivity index (χ4v) is 1.26. The van der Waals surface area contributed by atoms with Gasteiger partial charge in [-0.1, -0.05) is 6.07 Å². The number of carbonyl (C=O) groups is 1. The van der Waals surface area contributed by atoms with Gasteiger partial charge in [0.15, 0.2) is 0 Å². The van der Waals surface area contributed by atoms with Gasteiger partial charge in [-0.15, -0.1) is 0 Å². The Balaban J connectivity index is 2.78. The number of amides is 1. The highest BCUT2D eigenvalue weighted by atomic mass is 19.1. The summed E-state index contributed by atoms with van der Waals surface area (Å²) in [6.45, 7) is 1.57. The third-order valence-electron chi connectivity index (χ3n) is 2.52. The first kappa shape index (κ1) is 13.1. The standard InChI is InChI=1S/C12H12F2N2O/c1-8(7-15)16(2)12(17)5-9-3-4-10(13)6-11(9)14/h3-4,6,8H,5H2,1-2H3. The number of nitriles is 1. The molecule has 0 aliphatic heterocycles. The number of rotatable bonds is 3. The smallest absolute Gasteiger partial charge is 0.227 e. The molecule has 1 atom stereocenters. The summed E-state index contributed by atoms with van der Waals surface area (Å²) in [4.78, 5) is 12.9. The van der Waals surface area contributed by atoms with E-state index in [-0.39, 0.29) is 17.9 Å². The van der Waals surface area contributed by atoms with Crippen LogP contribution in [0.2, 0.25) is 0 Å². The lowest BCUT2D eigenvalue weighted by Gasteiger charge is -2.19. The van der Waals surface area contributed by atoms with Crippen molar-refractivity contribution in [2.75, 3.05) is 7.05 Å². The molecule has 1 aromatic carbocycles. The van der Waals surface area contributed by atoms with Crippen molar-refractivity contribution in [3.8, 4) is 6.07 Å². The lowest BCUT2D eigenvalue weighted by molar-refractivity contribution is -0.130. The van der Waals surface area contributed by atoms with Crippen LogP contribution in [0, 0.1) is 23.0 Å². The van der Waals surface area contributed by atoms with E-state index in [1.54, 1.807) is 6.92 Å². The summed E-state index contributed by atoms with van der Waals surface area (Å²) in [6.07, 6.45) is -0.186. The van der Waals surface area contributed by atoms with Gasteiger partial charge in [-0.05, 0) is 18.6 Å². The topological polar surface area (TPSA) is 44.1 Å². The van der Waals surface area contributed by atoms with Crippen molar-refractivity contribution in [1.29, 1.82) is 5.26 Å². The molecule has 0 heterocycles. The molecule has 0 bridgehead atoms. The molecule has 3 nitrogen and oxygen atoms in total. The highest BCUT2D eigenvalue weighted by molar-refractivity contribution is 5.79. The van der Waals surface area contributed by atoms with E-state index in [0.717, 1.165) is 12.1 Å². The Bertz CT molecular complexity index is 468. The minimum atomic E-state index is -0.753. The molecule has 5 heteroatoms. The molecule has 0 radical (unpaired) electrons. The number of carbonyl (C=O) groups excluding carboxylic acids is 1. The quantitative estimate of drug-likeness (QED) is 0.807. The van der Waals surface area contributed by atoms with Crippen LogP contribution < -0.4 is 0 Å². The van der Waals surface area contributed by atoms with Crippen LogP contribution in [0.3, 0.4) is 0 Å². The second-order valence-corrected chi connectivity index (χ2v) is 3.72. The predicted octanol–water partition coefficient (Wildman–Crippen LogP) is 1.88. The van der Waals surface area contributed by atoms with E-state index in [1.807, 2.05) is 6.07 Å². The van der Waals surface area contributed by atoms with Crippen LogP contribution in [0.15, 0.2) is 18.2 Å². The van der Waals surface area contributed by atoms with Gasteiger partial charge in [-0.25, -0.2) is 8.78 Å². The molecule has 0 spiro atoms. The van der Waals surface area contributed by atoms with E-state index in [2.05, 4.69) is 0 Å². The molecule has 0 aliphatic carbocycles. The SMILES string of the molecule is CC(C#N)N(C)C(=O)Cc1ccc(F)cc1F. The van der Waals surface area contributed by atoms with Gasteiger partial charge < -0.3 is 4.90 Å². The van der Waals surface area contributed by atoms with Gasteiger partial charge in [-0.2, -0.15) is 5.26 Å². The Kier molecular flexibility index (Phi) is 4.16. The summed E-state index contributed by atoms with van der Waals surface area (Å²) in [5.74, 6) is -1.82. The maximum atomic E-state index is 13.3. The van der Waals surface area contributed by atoms with Crippen LogP contribution in [0.25, 0.3) is 0 Å². The highest BCUT2D eigenvalue weighted by Crippen LogP contribution is 2.11. The minimum absolute atomic E-state index is 0.119. The molecule has 1 aromatic rings. The van der Waals surface area contributed by atoms with Crippen molar-refractivity contribution in [2.45, 2.75) is 19.4 Å². The normalized spacial score (nSPS) is 11.7. The first-order chi connectivity index (χ1) is 7.95. The van der Waals surface area contributed by atoms with Crippen molar-refractivity contribution in [1.82, 2.24) is 4.90 Å². The Morgan fingerprint density at radius 3 is 2.71 bits per heavy atom. The number of benzene rings is 1. The van der Waals surface area contributed by atoms with Crippen molar-refractivity contribution >= 4 is 5.91 Å². The maximum absolute atomic E-state index is 13.3. The van der Waals surface area contributed by atoms with Gasteiger partial charge in [0.1, 0.15) is 17.7 Å². The van der Waals surface area contributed by atoms with E-state index in [9.17, 15) is 13.6 Å². The minimum Gasteiger partial charge on any atom is -0.330 e. The van der Waals surface area contributed by atoms with E-state index in [4.69, 9.17) is 5.26 Å². The van der Waals surface area contributed by atoms with Gasteiger partial charge in [0.25, 0.3) is 0 Å². The van der Waals surface area contributed by atoms with Gasteiger partial charge in [0, 0.05) is 13.1 Å². The third-order valence-corrected chi connectivity index (χ3v) is 2.52. The molecule has 1 amide bonds. The highest BCUT2D eigenvalue weighted by Gasteiger charge is 2.17. The van der Waals surface area contributed by atoms with Crippen LogP contribution >= 0.6 is 0 Å². The van der Waals surface area contributed by atoms with Crippen molar-refractivity contribution in [3.05, 3.63) is 35.4 Å². The summed E-state index contributed by atoms with van der Waals surface area (Å²) in [5, 5.41) is 8.64. The Labute approximate surface area is 98.3 Å². The average Bonchev–Trinajstić information content (AvgIpc) is 2.30. The van der Waals surface area contributed by atoms with Crippen LogP contribution in [-0.2, 0) is 11.2 Å². The molecular formula is C12H12F2N2O. The number of hydrogen-bond acceptors (Lipinski definition) is 2. The van der Waals surface area contributed by atoms with E-state index in [0.29, 0.717) is 0 Å². The molecule has 0 aliphatic rings. The lowest BCUT2D eigenvalue weighted by atomic mass is 10.1. The van der Waals surface area contributed by atoms with Crippen LogP contribution in [0.4, 0.5) is 8.78 Å². The number of hydrogen-bond donors (Lipinski definition) is 0. The molecule has 1 rings (SSSR count).